The van der Waals surface area contributed by atoms with Crippen LogP contribution in [-0.4, -0.2) is 29.5 Å². The van der Waals surface area contributed by atoms with Crippen LogP contribution in [0.1, 0.15) is 21.5 Å². The average Bonchev–Trinajstić information content (AvgIpc) is 3.34. The number of methoxy groups -OCH3 is 1. The smallest absolute Gasteiger partial charge is 0.231 e. The Kier molecular flexibility index (Phi) is 5.04. The number of halogens is 1. The number of hydrogen-bond donors (Lipinski definition) is 0. The van der Waals surface area contributed by atoms with E-state index in [2.05, 4.69) is 5.10 Å². The van der Waals surface area contributed by atoms with Crippen molar-refractivity contribution in [3.63, 3.8) is 0 Å². The Balaban J connectivity index is 1.53. The first-order valence-corrected chi connectivity index (χ1v) is 8.97. The molecule has 0 bridgehead atoms. The molecule has 0 saturated carbocycles. The molecule has 142 valence electrons. The Morgan fingerprint density at radius 3 is 2.89 bits per heavy atom. The van der Waals surface area contributed by atoms with Gasteiger partial charge in [-0.15, -0.1) is 0 Å². The average molecular weight is 397 g/mol. The minimum atomic E-state index is -0.116. The summed E-state index contributed by atoms with van der Waals surface area (Å²) >= 11 is 5.93. The molecule has 2 heterocycles. The number of allylic oxidation sites excluding steroid dienone is 1. The van der Waals surface area contributed by atoms with Gasteiger partial charge in [0, 0.05) is 17.3 Å². The van der Waals surface area contributed by atoms with Crippen molar-refractivity contribution in [2.45, 2.75) is 6.54 Å². The molecule has 1 aliphatic rings. The van der Waals surface area contributed by atoms with E-state index in [1.165, 1.54) is 6.08 Å². The Labute approximate surface area is 166 Å². The maximum Gasteiger partial charge on any atom is 0.231 e. The van der Waals surface area contributed by atoms with E-state index < -0.39 is 0 Å². The molecular weight excluding hydrogens is 380 g/mol. The zero-order valence-electron chi connectivity index (χ0n) is 15.1. The summed E-state index contributed by atoms with van der Waals surface area (Å²) in [6, 6.07) is 10.9. The highest BCUT2D eigenvalue weighted by atomic mass is 35.5. The lowest BCUT2D eigenvalue weighted by molar-refractivity contribution is 0.104. The molecule has 28 heavy (non-hydrogen) atoms. The lowest BCUT2D eigenvalue weighted by Crippen LogP contribution is -2.02. The third-order valence-corrected chi connectivity index (χ3v) is 4.52. The molecule has 0 N–H and O–H groups in total. The Bertz CT molecular complexity index is 1060. The zero-order valence-corrected chi connectivity index (χ0v) is 15.8. The molecule has 1 aliphatic heterocycles. The highest BCUT2D eigenvalue weighted by Gasteiger charge is 2.15. The van der Waals surface area contributed by atoms with Crippen molar-refractivity contribution in [3.8, 4) is 17.2 Å². The predicted molar refractivity (Wildman–Crippen MR) is 105 cm³/mol. The largest absolute Gasteiger partial charge is 0.496 e. The van der Waals surface area contributed by atoms with Crippen LogP contribution in [0.4, 0.5) is 0 Å². The van der Waals surface area contributed by atoms with Crippen molar-refractivity contribution in [3.05, 3.63) is 76.6 Å². The summed E-state index contributed by atoms with van der Waals surface area (Å²) in [4.78, 5) is 12.5. The summed E-state index contributed by atoms with van der Waals surface area (Å²) < 4.78 is 17.7. The van der Waals surface area contributed by atoms with Gasteiger partial charge in [0.2, 0.25) is 6.79 Å². The summed E-state index contributed by atoms with van der Waals surface area (Å²) in [6.45, 7) is 0.687. The molecule has 7 heteroatoms. The molecule has 0 amide bonds. The second-order valence-electron chi connectivity index (χ2n) is 6.19. The number of ketones is 1. The van der Waals surface area contributed by atoms with Gasteiger partial charge in [0.25, 0.3) is 0 Å². The fourth-order valence-corrected chi connectivity index (χ4v) is 3.10. The molecular formula is C21H17ClN2O4. The van der Waals surface area contributed by atoms with Gasteiger partial charge < -0.3 is 14.2 Å². The Morgan fingerprint density at radius 2 is 2.11 bits per heavy atom. The number of ether oxygens (including phenoxy) is 3. The number of nitrogens with zero attached hydrogens (tertiary/aromatic N) is 2. The van der Waals surface area contributed by atoms with Gasteiger partial charge in [-0.3, -0.25) is 9.48 Å². The van der Waals surface area contributed by atoms with Gasteiger partial charge >= 0.3 is 0 Å². The molecule has 4 rings (SSSR count). The second kappa shape index (κ2) is 7.78. The van der Waals surface area contributed by atoms with E-state index in [4.69, 9.17) is 25.8 Å². The first-order valence-electron chi connectivity index (χ1n) is 8.59. The van der Waals surface area contributed by atoms with Gasteiger partial charge in [-0.2, -0.15) is 5.10 Å². The van der Waals surface area contributed by atoms with Crippen molar-refractivity contribution in [1.29, 1.82) is 0 Å². The van der Waals surface area contributed by atoms with Crippen LogP contribution in [0.2, 0.25) is 5.02 Å². The normalized spacial score (nSPS) is 12.5. The van der Waals surface area contributed by atoms with Gasteiger partial charge in [0.05, 0.1) is 24.9 Å². The first kappa shape index (κ1) is 18.1. The molecule has 3 aromatic rings. The second-order valence-corrected chi connectivity index (χ2v) is 6.63. The summed E-state index contributed by atoms with van der Waals surface area (Å²) in [5, 5.41) is 4.77. The molecule has 0 unspecified atom stereocenters. The molecule has 0 radical (unpaired) electrons. The first-order chi connectivity index (χ1) is 13.6. The fourth-order valence-electron chi connectivity index (χ4n) is 2.94. The van der Waals surface area contributed by atoms with E-state index in [-0.39, 0.29) is 12.6 Å². The van der Waals surface area contributed by atoms with E-state index >= 15 is 0 Å². The van der Waals surface area contributed by atoms with Crippen LogP contribution >= 0.6 is 11.6 Å². The maximum atomic E-state index is 12.5. The Hall–Kier alpha value is -3.25. The van der Waals surface area contributed by atoms with Crippen LogP contribution < -0.4 is 14.2 Å². The van der Waals surface area contributed by atoms with Crippen LogP contribution in [0.5, 0.6) is 17.2 Å². The van der Waals surface area contributed by atoms with Crippen LogP contribution in [0.25, 0.3) is 6.08 Å². The highest BCUT2D eigenvalue weighted by Crippen LogP contribution is 2.32. The lowest BCUT2D eigenvalue weighted by Gasteiger charge is -2.09. The van der Waals surface area contributed by atoms with Crippen LogP contribution in [-0.2, 0) is 6.54 Å². The van der Waals surface area contributed by atoms with Crippen molar-refractivity contribution in [2.75, 3.05) is 13.9 Å². The van der Waals surface area contributed by atoms with Crippen molar-refractivity contribution >= 4 is 23.5 Å². The number of carbonyl (C=O) groups is 1. The van der Waals surface area contributed by atoms with E-state index in [9.17, 15) is 4.79 Å². The van der Waals surface area contributed by atoms with E-state index in [1.54, 1.807) is 48.5 Å². The lowest BCUT2D eigenvalue weighted by atomic mass is 10.1. The minimum absolute atomic E-state index is 0.116. The monoisotopic (exact) mass is 396 g/mol. The molecule has 1 aromatic heterocycles. The van der Waals surface area contributed by atoms with Crippen LogP contribution in [0.3, 0.4) is 0 Å². The van der Waals surface area contributed by atoms with Gasteiger partial charge in [-0.05, 0) is 42.0 Å². The summed E-state index contributed by atoms with van der Waals surface area (Å²) in [7, 11) is 1.62. The molecule has 0 aliphatic carbocycles. The van der Waals surface area contributed by atoms with Crippen molar-refractivity contribution in [2.24, 2.45) is 0 Å². The third-order valence-electron chi connectivity index (χ3n) is 4.32. The SMILES string of the molecule is COc1ccc(/C=C/C(=O)c2ccc3c(c2)OCO3)cc1Cn1cc(Cl)cn1. The molecule has 0 fully saturated rings. The van der Waals surface area contributed by atoms with Gasteiger partial charge in [-0.25, -0.2) is 0 Å². The number of benzene rings is 2. The topological polar surface area (TPSA) is 62.6 Å². The van der Waals surface area contributed by atoms with Crippen LogP contribution in [0, 0.1) is 0 Å². The van der Waals surface area contributed by atoms with E-state index in [0.29, 0.717) is 28.6 Å². The molecule has 6 nitrogen and oxygen atoms in total. The summed E-state index contributed by atoms with van der Waals surface area (Å²) in [5.74, 6) is 1.86. The molecule has 0 saturated heterocycles. The van der Waals surface area contributed by atoms with Crippen molar-refractivity contribution < 1.29 is 19.0 Å². The zero-order chi connectivity index (χ0) is 19.5. The quantitative estimate of drug-likeness (QED) is 0.461. The number of hydrogen-bond acceptors (Lipinski definition) is 5. The minimum Gasteiger partial charge on any atom is -0.496 e. The molecule has 0 atom stereocenters. The summed E-state index contributed by atoms with van der Waals surface area (Å²) in [5.41, 5.74) is 2.35. The van der Waals surface area contributed by atoms with Gasteiger partial charge in [-0.1, -0.05) is 23.7 Å². The number of carbonyl (C=O) groups excluding carboxylic acids is 1. The number of fused-ring (bicyclic) bond motifs is 1. The highest BCUT2D eigenvalue weighted by molar-refractivity contribution is 6.30. The molecule has 2 aromatic carbocycles. The summed E-state index contributed by atoms with van der Waals surface area (Å²) in [6.07, 6.45) is 6.63. The van der Waals surface area contributed by atoms with Crippen LogP contribution in [0.15, 0.2) is 54.9 Å². The number of aromatic nitrogens is 2. The van der Waals surface area contributed by atoms with E-state index in [1.807, 2.05) is 18.2 Å². The van der Waals surface area contributed by atoms with Crippen molar-refractivity contribution in [1.82, 2.24) is 9.78 Å². The maximum absolute atomic E-state index is 12.5. The van der Waals surface area contributed by atoms with Gasteiger partial charge in [0.15, 0.2) is 17.3 Å². The fraction of sp³-hybridized carbons (Fsp3) is 0.143. The van der Waals surface area contributed by atoms with E-state index in [0.717, 1.165) is 16.9 Å². The molecule has 0 spiro atoms. The standard InChI is InChI=1S/C21H17ClN2O4/c1-26-19-6-3-14(8-16(19)11-24-12-17(22)10-23-24)2-5-18(25)15-4-7-20-21(9-15)28-13-27-20/h2-10,12H,11,13H2,1H3/b5-2+. The number of rotatable bonds is 6. The third kappa shape index (κ3) is 3.87. The van der Waals surface area contributed by atoms with Gasteiger partial charge in [0.1, 0.15) is 5.75 Å². The Morgan fingerprint density at radius 1 is 1.25 bits per heavy atom. The predicted octanol–water partition coefficient (Wildman–Crippen LogP) is 4.22.